The number of allylic oxidation sites excluding steroid dienone is 2. The van der Waals surface area contributed by atoms with Crippen molar-refractivity contribution in [2.24, 2.45) is 5.41 Å². The molecule has 4 heteroatoms. The highest BCUT2D eigenvalue weighted by Crippen LogP contribution is 2.49. The summed E-state index contributed by atoms with van der Waals surface area (Å²) in [5.41, 5.74) is 6.78. The number of carbonyl (C=O) groups excluding carboxylic acids is 1. The van der Waals surface area contributed by atoms with Crippen LogP contribution in [-0.4, -0.2) is 18.3 Å². The van der Waals surface area contributed by atoms with Crippen LogP contribution in [0.25, 0.3) is 16.8 Å². The molecule has 1 unspecified atom stereocenters. The molecule has 0 fully saturated rings. The molecule has 3 rings (SSSR count). The van der Waals surface area contributed by atoms with Crippen molar-refractivity contribution in [2.45, 2.75) is 46.5 Å². The van der Waals surface area contributed by atoms with Crippen molar-refractivity contribution >= 4 is 23.1 Å². The SMILES string of the molecule is C=C(CC)c1cc2c([nH]c1=O)C(NC)=C(c1ccccc1C=O)CC2C(C)(C)C. The summed E-state index contributed by atoms with van der Waals surface area (Å²) in [4.78, 5) is 27.7. The van der Waals surface area contributed by atoms with Gasteiger partial charge < -0.3 is 10.3 Å². The molecule has 0 amide bonds. The predicted molar refractivity (Wildman–Crippen MR) is 121 cm³/mol. The predicted octanol–water partition coefficient (Wildman–Crippen LogP) is 5.23. The first kappa shape index (κ1) is 20.8. The van der Waals surface area contributed by atoms with Gasteiger partial charge in [0.2, 0.25) is 0 Å². The Labute approximate surface area is 172 Å². The van der Waals surface area contributed by atoms with Gasteiger partial charge in [-0.25, -0.2) is 0 Å². The van der Waals surface area contributed by atoms with E-state index in [1.54, 1.807) is 0 Å². The minimum absolute atomic E-state index is 0.0293. The van der Waals surface area contributed by atoms with Crippen molar-refractivity contribution < 1.29 is 4.79 Å². The van der Waals surface area contributed by atoms with Gasteiger partial charge in [0, 0.05) is 18.2 Å². The second-order valence-corrected chi connectivity index (χ2v) is 8.73. The van der Waals surface area contributed by atoms with Crippen LogP contribution in [0.2, 0.25) is 0 Å². The molecule has 0 saturated carbocycles. The van der Waals surface area contributed by atoms with Crippen molar-refractivity contribution in [3.8, 4) is 0 Å². The standard InChI is InChI=1S/C25H30N2O2/c1-7-15(2)18-12-20-21(25(3,4)5)13-19(17-11-9-8-10-16(17)14-28)22(26-6)23(20)27-24(18)29/h8-12,14,21,26H,2,7,13H2,1,3-6H3,(H,27,29). The Morgan fingerprint density at radius 1 is 1.31 bits per heavy atom. The molecule has 1 atom stereocenters. The van der Waals surface area contributed by atoms with E-state index < -0.39 is 0 Å². The number of H-pyrrole nitrogens is 1. The molecular weight excluding hydrogens is 360 g/mol. The number of pyridine rings is 1. The molecule has 29 heavy (non-hydrogen) atoms. The van der Waals surface area contributed by atoms with E-state index in [9.17, 15) is 9.59 Å². The summed E-state index contributed by atoms with van der Waals surface area (Å²) >= 11 is 0. The molecular formula is C25H30N2O2. The third-order valence-corrected chi connectivity index (χ3v) is 5.92. The Bertz CT molecular complexity index is 1050. The largest absolute Gasteiger partial charge is 0.386 e. The first-order valence-corrected chi connectivity index (χ1v) is 10.1. The summed E-state index contributed by atoms with van der Waals surface area (Å²) < 4.78 is 0. The Morgan fingerprint density at radius 3 is 2.59 bits per heavy atom. The topological polar surface area (TPSA) is 62.0 Å². The zero-order valence-electron chi connectivity index (χ0n) is 18.0. The van der Waals surface area contributed by atoms with Crippen LogP contribution in [-0.2, 0) is 0 Å². The number of aromatic amines is 1. The summed E-state index contributed by atoms with van der Waals surface area (Å²) in [5.74, 6) is 0.185. The van der Waals surface area contributed by atoms with Gasteiger partial charge in [-0.15, -0.1) is 0 Å². The maximum Gasteiger partial charge on any atom is 0.255 e. The summed E-state index contributed by atoms with van der Waals surface area (Å²) in [5, 5.41) is 3.29. The average molecular weight is 391 g/mol. The summed E-state index contributed by atoms with van der Waals surface area (Å²) in [6, 6.07) is 9.65. The molecule has 0 radical (unpaired) electrons. The van der Waals surface area contributed by atoms with Gasteiger partial charge in [-0.1, -0.05) is 58.5 Å². The molecule has 1 aromatic heterocycles. The molecule has 0 aliphatic heterocycles. The molecule has 2 N–H and O–H groups in total. The number of hydrogen-bond donors (Lipinski definition) is 2. The van der Waals surface area contributed by atoms with E-state index in [1.165, 1.54) is 0 Å². The second-order valence-electron chi connectivity index (χ2n) is 8.73. The Morgan fingerprint density at radius 2 is 2.00 bits per heavy atom. The van der Waals surface area contributed by atoms with Crippen molar-refractivity contribution in [3.63, 3.8) is 0 Å². The molecule has 4 nitrogen and oxygen atoms in total. The summed E-state index contributed by atoms with van der Waals surface area (Å²) in [6.45, 7) is 12.7. The first-order valence-electron chi connectivity index (χ1n) is 10.1. The van der Waals surface area contributed by atoms with Gasteiger partial charge in [-0.2, -0.15) is 0 Å². The minimum Gasteiger partial charge on any atom is -0.386 e. The van der Waals surface area contributed by atoms with Crippen LogP contribution in [0.3, 0.4) is 0 Å². The minimum atomic E-state index is -0.124. The monoisotopic (exact) mass is 390 g/mol. The third-order valence-electron chi connectivity index (χ3n) is 5.92. The fourth-order valence-electron chi connectivity index (χ4n) is 4.22. The third kappa shape index (κ3) is 3.71. The lowest BCUT2D eigenvalue weighted by molar-refractivity contribution is 0.112. The molecule has 1 aromatic carbocycles. The summed E-state index contributed by atoms with van der Waals surface area (Å²) in [7, 11) is 1.86. The normalized spacial score (nSPS) is 16.4. The van der Waals surface area contributed by atoms with Crippen molar-refractivity contribution in [1.82, 2.24) is 10.3 Å². The van der Waals surface area contributed by atoms with Crippen LogP contribution in [0.4, 0.5) is 0 Å². The number of rotatable bonds is 5. The summed E-state index contributed by atoms with van der Waals surface area (Å²) in [6.07, 6.45) is 2.41. The van der Waals surface area contributed by atoms with Crippen LogP contribution >= 0.6 is 0 Å². The molecule has 1 aliphatic rings. The fourth-order valence-corrected chi connectivity index (χ4v) is 4.22. The van der Waals surface area contributed by atoms with Crippen LogP contribution < -0.4 is 10.9 Å². The van der Waals surface area contributed by atoms with Crippen molar-refractivity contribution in [2.75, 3.05) is 7.05 Å². The smallest absolute Gasteiger partial charge is 0.255 e. The molecule has 0 bridgehead atoms. The average Bonchev–Trinajstić information content (AvgIpc) is 2.70. The van der Waals surface area contributed by atoms with Gasteiger partial charge in [0.1, 0.15) is 0 Å². The van der Waals surface area contributed by atoms with E-state index in [0.717, 1.165) is 52.8 Å². The molecule has 0 saturated heterocycles. The zero-order chi connectivity index (χ0) is 21.3. The molecule has 1 aliphatic carbocycles. The second kappa shape index (κ2) is 7.86. The van der Waals surface area contributed by atoms with Gasteiger partial charge in [-0.3, -0.25) is 9.59 Å². The number of nitrogens with one attached hydrogen (secondary N) is 2. The number of benzene rings is 1. The van der Waals surface area contributed by atoms with Crippen molar-refractivity contribution in [1.29, 1.82) is 0 Å². The van der Waals surface area contributed by atoms with E-state index >= 15 is 0 Å². The first-order chi connectivity index (χ1) is 13.7. The molecule has 0 spiro atoms. The van der Waals surface area contributed by atoms with Crippen LogP contribution in [0.5, 0.6) is 0 Å². The van der Waals surface area contributed by atoms with E-state index in [4.69, 9.17) is 0 Å². The van der Waals surface area contributed by atoms with E-state index in [0.29, 0.717) is 11.1 Å². The van der Waals surface area contributed by atoms with E-state index in [2.05, 4.69) is 37.7 Å². The van der Waals surface area contributed by atoms with Gasteiger partial charge >= 0.3 is 0 Å². The fraction of sp³-hybridized carbons (Fsp3) is 0.360. The molecule has 152 valence electrons. The highest BCUT2D eigenvalue weighted by Gasteiger charge is 2.36. The Balaban J connectivity index is 2.36. The Kier molecular flexibility index (Phi) is 5.65. The lowest BCUT2D eigenvalue weighted by Gasteiger charge is -2.38. The van der Waals surface area contributed by atoms with Gasteiger partial charge in [0.15, 0.2) is 6.29 Å². The number of carbonyl (C=O) groups is 1. The van der Waals surface area contributed by atoms with E-state index in [1.807, 2.05) is 44.3 Å². The van der Waals surface area contributed by atoms with Crippen molar-refractivity contribution in [3.05, 3.63) is 75.2 Å². The van der Waals surface area contributed by atoms with Gasteiger partial charge in [0.25, 0.3) is 5.56 Å². The quantitative estimate of drug-likeness (QED) is 0.687. The maximum atomic E-state index is 12.9. The zero-order valence-corrected chi connectivity index (χ0v) is 18.0. The van der Waals surface area contributed by atoms with Crippen LogP contribution in [0, 0.1) is 5.41 Å². The number of aromatic nitrogens is 1. The highest BCUT2D eigenvalue weighted by atomic mass is 16.1. The number of hydrogen-bond acceptors (Lipinski definition) is 3. The van der Waals surface area contributed by atoms with E-state index in [-0.39, 0.29) is 16.9 Å². The number of fused-ring (bicyclic) bond motifs is 1. The van der Waals surface area contributed by atoms with Gasteiger partial charge in [-0.05, 0) is 52.5 Å². The van der Waals surface area contributed by atoms with Crippen LogP contribution in [0.15, 0.2) is 41.7 Å². The van der Waals surface area contributed by atoms with Gasteiger partial charge in [0.05, 0.1) is 11.4 Å². The number of aldehydes is 1. The lowest BCUT2D eigenvalue weighted by Crippen LogP contribution is -2.29. The maximum absolute atomic E-state index is 12.9. The lowest BCUT2D eigenvalue weighted by atomic mass is 9.68. The van der Waals surface area contributed by atoms with Crippen LogP contribution in [0.1, 0.15) is 79.2 Å². The molecule has 2 aromatic rings. The Hall–Kier alpha value is -2.88. The molecule has 1 heterocycles. The highest BCUT2D eigenvalue weighted by molar-refractivity contribution is 5.97.